The summed E-state index contributed by atoms with van der Waals surface area (Å²) < 4.78 is 9.03. The van der Waals surface area contributed by atoms with Gasteiger partial charge in [-0.15, -0.1) is 0 Å². The number of anilines is 1. The van der Waals surface area contributed by atoms with E-state index in [-0.39, 0.29) is 17.9 Å². The van der Waals surface area contributed by atoms with Gasteiger partial charge in [0.05, 0.1) is 23.6 Å². The highest BCUT2D eigenvalue weighted by atomic mass is 16.6. The van der Waals surface area contributed by atoms with Crippen molar-refractivity contribution in [2.75, 3.05) is 11.9 Å². The first-order valence-corrected chi connectivity index (χ1v) is 13.3. The van der Waals surface area contributed by atoms with Crippen LogP contribution in [0.5, 0.6) is 0 Å². The van der Waals surface area contributed by atoms with Crippen LogP contribution in [0, 0.1) is 12.8 Å². The zero-order valence-corrected chi connectivity index (χ0v) is 22.9. The molecule has 0 aromatic carbocycles. The molecular weight excluding hydrogens is 482 g/mol. The smallest absolute Gasteiger partial charge is 0.434 e. The van der Waals surface area contributed by atoms with Gasteiger partial charge in [-0.05, 0) is 50.5 Å². The van der Waals surface area contributed by atoms with Crippen LogP contribution in [0.2, 0.25) is 0 Å². The molecule has 1 aliphatic rings. The Morgan fingerprint density at radius 3 is 2.61 bits per heavy atom. The monoisotopic (exact) mass is 517 g/mol. The SMILES string of the molecule is CCn1c(-c2cnc(C)nc2)nc2c(NC3CCc4c(c(C(C)C)nn4C(=O)OCC(C)C)C3)ncnc21. The number of nitrogens with zero attached hydrogens (tertiary/aromatic N) is 8. The standard InChI is InChI=1S/C27H35N9O2/c1-7-35-25(18-11-28-17(6)29-12-18)33-23-24(30-14-31-26(23)35)32-19-8-9-21-20(10-19)22(16(4)5)34-36(21)27(37)38-13-15(2)3/h11-12,14-16,19H,7-10,13H2,1-6H3,(H,30,31,32). The van der Waals surface area contributed by atoms with Crippen LogP contribution in [0.15, 0.2) is 18.7 Å². The Bertz CT molecular complexity index is 1450. The van der Waals surface area contributed by atoms with E-state index in [1.165, 1.54) is 4.68 Å². The lowest BCUT2D eigenvalue weighted by Gasteiger charge is -2.25. The minimum Gasteiger partial charge on any atom is -0.448 e. The lowest BCUT2D eigenvalue weighted by Crippen LogP contribution is -2.30. The molecule has 5 rings (SSSR count). The summed E-state index contributed by atoms with van der Waals surface area (Å²) in [7, 11) is 0. The first kappa shape index (κ1) is 25.7. The van der Waals surface area contributed by atoms with Crippen LogP contribution >= 0.6 is 0 Å². The number of aryl methyl sites for hydroxylation is 2. The maximum absolute atomic E-state index is 12.8. The van der Waals surface area contributed by atoms with E-state index in [0.29, 0.717) is 36.7 Å². The summed E-state index contributed by atoms with van der Waals surface area (Å²) in [5, 5.41) is 8.31. The summed E-state index contributed by atoms with van der Waals surface area (Å²) in [5.41, 5.74) is 5.32. The molecule has 11 heteroatoms. The van der Waals surface area contributed by atoms with Gasteiger partial charge in [0.1, 0.15) is 18.0 Å². The van der Waals surface area contributed by atoms with Crippen LogP contribution in [0.3, 0.4) is 0 Å². The average molecular weight is 518 g/mol. The molecule has 0 saturated carbocycles. The van der Waals surface area contributed by atoms with E-state index in [2.05, 4.69) is 55.7 Å². The topological polar surface area (TPSA) is 126 Å². The molecule has 0 radical (unpaired) electrons. The van der Waals surface area contributed by atoms with Gasteiger partial charge in [-0.2, -0.15) is 9.78 Å². The fourth-order valence-electron chi connectivity index (χ4n) is 4.94. The normalized spacial score (nSPS) is 15.3. The van der Waals surface area contributed by atoms with Crippen molar-refractivity contribution in [2.45, 2.75) is 79.3 Å². The molecule has 1 unspecified atom stereocenters. The first-order chi connectivity index (χ1) is 18.3. The molecule has 4 aromatic rings. The van der Waals surface area contributed by atoms with Crippen LogP contribution in [0.1, 0.15) is 69.7 Å². The van der Waals surface area contributed by atoms with Crippen molar-refractivity contribution < 1.29 is 9.53 Å². The largest absolute Gasteiger partial charge is 0.448 e. The number of imidazole rings is 1. The van der Waals surface area contributed by atoms with Gasteiger partial charge >= 0.3 is 6.09 Å². The van der Waals surface area contributed by atoms with Crippen LogP contribution in [0.4, 0.5) is 10.6 Å². The molecule has 0 saturated heterocycles. The number of carbonyl (C=O) groups is 1. The number of hydrogen-bond acceptors (Lipinski definition) is 9. The molecule has 1 N–H and O–H groups in total. The van der Waals surface area contributed by atoms with Gasteiger partial charge in [-0.3, -0.25) is 0 Å². The Morgan fingerprint density at radius 2 is 1.92 bits per heavy atom. The second-order valence-electron chi connectivity index (χ2n) is 10.5. The highest BCUT2D eigenvalue weighted by Crippen LogP contribution is 2.32. The maximum Gasteiger partial charge on any atom is 0.434 e. The van der Waals surface area contributed by atoms with Gasteiger partial charge in [0, 0.05) is 25.0 Å². The fraction of sp³-hybridized carbons (Fsp3) is 0.519. The van der Waals surface area contributed by atoms with Gasteiger partial charge in [0.2, 0.25) is 0 Å². The number of fused-ring (bicyclic) bond motifs is 2. The molecule has 11 nitrogen and oxygen atoms in total. The molecule has 200 valence electrons. The second kappa shape index (κ2) is 10.5. The minimum atomic E-state index is -0.400. The predicted molar refractivity (Wildman–Crippen MR) is 144 cm³/mol. The fourth-order valence-corrected chi connectivity index (χ4v) is 4.94. The number of nitrogens with one attached hydrogen (secondary N) is 1. The molecular formula is C27H35N9O2. The lowest BCUT2D eigenvalue weighted by atomic mass is 9.89. The second-order valence-corrected chi connectivity index (χ2v) is 10.5. The Hall–Kier alpha value is -3.89. The van der Waals surface area contributed by atoms with E-state index in [9.17, 15) is 4.79 Å². The van der Waals surface area contributed by atoms with Crippen LogP contribution < -0.4 is 5.32 Å². The predicted octanol–water partition coefficient (Wildman–Crippen LogP) is 4.54. The van der Waals surface area contributed by atoms with Crippen molar-refractivity contribution in [2.24, 2.45) is 5.92 Å². The molecule has 0 amide bonds. The van der Waals surface area contributed by atoms with Crippen LogP contribution in [0.25, 0.3) is 22.6 Å². The van der Waals surface area contributed by atoms with Gasteiger partial charge in [0.25, 0.3) is 0 Å². The van der Waals surface area contributed by atoms with Crippen LogP contribution in [-0.2, 0) is 24.1 Å². The summed E-state index contributed by atoms with van der Waals surface area (Å²) in [6, 6.07) is 0.111. The van der Waals surface area contributed by atoms with E-state index < -0.39 is 6.09 Å². The lowest BCUT2D eigenvalue weighted by molar-refractivity contribution is 0.130. The quantitative estimate of drug-likeness (QED) is 0.376. The summed E-state index contributed by atoms with van der Waals surface area (Å²) >= 11 is 0. The average Bonchev–Trinajstić information content (AvgIpc) is 3.47. The van der Waals surface area contributed by atoms with E-state index in [0.717, 1.165) is 46.8 Å². The van der Waals surface area contributed by atoms with Crippen molar-refractivity contribution in [3.63, 3.8) is 0 Å². The van der Waals surface area contributed by atoms with Crippen LogP contribution in [-0.4, -0.2) is 58.0 Å². The van der Waals surface area contributed by atoms with Crippen molar-refractivity contribution in [1.82, 2.24) is 39.3 Å². The van der Waals surface area contributed by atoms with Crippen molar-refractivity contribution >= 4 is 23.1 Å². The molecule has 38 heavy (non-hydrogen) atoms. The molecule has 0 aliphatic heterocycles. The summed E-state index contributed by atoms with van der Waals surface area (Å²) in [4.78, 5) is 35.5. The third kappa shape index (κ3) is 4.84. The van der Waals surface area contributed by atoms with Gasteiger partial charge < -0.3 is 14.6 Å². The third-order valence-electron chi connectivity index (χ3n) is 6.79. The highest BCUT2D eigenvalue weighted by molar-refractivity contribution is 5.86. The molecule has 1 aliphatic carbocycles. The molecule has 4 aromatic heterocycles. The van der Waals surface area contributed by atoms with Crippen molar-refractivity contribution in [3.8, 4) is 11.4 Å². The molecule has 0 fully saturated rings. The van der Waals surface area contributed by atoms with Gasteiger partial charge in [-0.1, -0.05) is 27.7 Å². The highest BCUT2D eigenvalue weighted by Gasteiger charge is 2.31. The van der Waals surface area contributed by atoms with Gasteiger partial charge in [0.15, 0.2) is 17.0 Å². The molecule has 1 atom stereocenters. The molecule has 0 bridgehead atoms. The minimum absolute atomic E-state index is 0.111. The van der Waals surface area contributed by atoms with E-state index in [4.69, 9.17) is 9.72 Å². The van der Waals surface area contributed by atoms with Gasteiger partial charge in [-0.25, -0.2) is 29.7 Å². The first-order valence-electron chi connectivity index (χ1n) is 13.3. The molecule has 0 spiro atoms. The zero-order chi connectivity index (χ0) is 27.0. The van der Waals surface area contributed by atoms with E-state index in [1.807, 2.05) is 20.8 Å². The summed E-state index contributed by atoms with van der Waals surface area (Å²) in [5.74, 6) is 2.62. The number of aromatic nitrogens is 8. The summed E-state index contributed by atoms with van der Waals surface area (Å²) in [6.07, 6.45) is 7.03. The maximum atomic E-state index is 12.8. The van der Waals surface area contributed by atoms with Crippen molar-refractivity contribution in [3.05, 3.63) is 41.5 Å². The zero-order valence-electron chi connectivity index (χ0n) is 22.9. The Labute approximate surface area is 222 Å². The third-order valence-corrected chi connectivity index (χ3v) is 6.79. The summed E-state index contributed by atoms with van der Waals surface area (Å²) in [6.45, 7) is 13.2. The number of carbonyl (C=O) groups excluding carboxylic acids is 1. The Balaban J connectivity index is 1.44. The number of rotatable bonds is 7. The Morgan fingerprint density at radius 1 is 1.16 bits per heavy atom. The number of ether oxygens (including phenoxy) is 1. The van der Waals surface area contributed by atoms with E-state index >= 15 is 0 Å². The number of hydrogen-bond donors (Lipinski definition) is 1. The van der Waals surface area contributed by atoms with E-state index in [1.54, 1.807) is 18.7 Å². The molecule has 4 heterocycles. The van der Waals surface area contributed by atoms with Crippen molar-refractivity contribution in [1.29, 1.82) is 0 Å². The Kier molecular flexibility index (Phi) is 7.09.